The minimum Gasteiger partial charge on any atom is -0.346 e. The third kappa shape index (κ3) is 3.31. The van der Waals surface area contributed by atoms with E-state index in [-0.39, 0.29) is 5.82 Å². The quantitative estimate of drug-likeness (QED) is 0.610. The highest BCUT2D eigenvalue weighted by Crippen LogP contribution is 2.09. The molecular formula is C15H17FN2. The summed E-state index contributed by atoms with van der Waals surface area (Å²) in [5.41, 5.74) is 2.15. The van der Waals surface area contributed by atoms with Gasteiger partial charge < -0.3 is 9.88 Å². The second-order valence-electron chi connectivity index (χ2n) is 4.18. The second-order valence-corrected chi connectivity index (χ2v) is 4.18. The van der Waals surface area contributed by atoms with Crippen LogP contribution in [0.25, 0.3) is 0 Å². The Balaban J connectivity index is 2.05. The molecule has 0 aliphatic carbocycles. The molecule has 0 bridgehead atoms. The van der Waals surface area contributed by atoms with E-state index in [4.69, 9.17) is 0 Å². The normalized spacial score (nSPS) is 10.5. The highest BCUT2D eigenvalue weighted by molar-refractivity contribution is 5.18. The van der Waals surface area contributed by atoms with E-state index >= 15 is 0 Å². The maximum absolute atomic E-state index is 13.1. The molecule has 0 saturated carbocycles. The number of halogens is 1. The van der Waals surface area contributed by atoms with Crippen LogP contribution in [-0.2, 0) is 13.1 Å². The molecule has 2 nitrogen and oxygen atoms in total. The lowest BCUT2D eigenvalue weighted by molar-refractivity contribution is 0.621. The Hall–Kier alpha value is -1.87. The van der Waals surface area contributed by atoms with Gasteiger partial charge in [0.15, 0.2) is 0 Å². The molecular weight excluding hydrogens is 227 g/mol. The number of nitrogens with zero attached hydrogens (tertiary/aromatic N) is 1. The molecule has 0 aliphatic heterocycles. The van der Waals surface area contributed by atoms with Crippen molar-refractivity contribution in [3.05, 3.63) is 72.3 Å². The van der Waals surface area contributed by atoms with Crippen LogP contribution in [0.5, 0.6) is 0 Å². The number of aromatic nitrogens is 1. The number of nitrogens with one attached hydrogen (secondary N) is 1. The first-order chi connectivity index (χ1) is 8.79. The van der Waals surface area contributed by atoms with Gasteiger partial charge in [-0.15, -0.1) is 6.58 Å². The van der Waals surface area contributed by atoms with Crippen LogP contribution in [0.2, 0.25) is 0 Å². The van der Waals surface area contributed by atoms with Crippen LogP contribution in [-0.4, -0.2) is 11.1 Å². The Morgan fingerprint density at radius 2 is 2.17 bits per heavy atom. The molecule has 1 heterocycles. The largest absolute Gasteiger partial charge is 0.346 e. The molecule has 0 atom stereocenters. The van der Waals surface area contributed by atoms with E-state index in [1.807, 2.05) is 24.4 Å². The van der Waals surface area contributed by atoms with Gasteiger partial charge in [0, 0.05) is 31.5 Å². The Bertz CT molecular complexity index is 517. The maximum Gasteiger partial charge on any atom is 0.123 e. The minimum absolute atomic E-state index is 0.189. The molecule has 0 fully saturated rings. The minimum atomic E-state index is -0.189. The molecule has 0 radical (unpaired) electrons. The average molecular weight is 244 g/mol. The van der Waals surface area contributed by atoms with Crippen molar-refractivity contribution in [3.63, 3.8) is 0 Å². The lowest BCUT2D eigenvalue weighted by Gasteiger charge is -2.10. The molecule has 0 aliphatic rings. The summed E-state index contributed by atoms with van der Waals surface area (Å²) in [6.07, 6.45) is 3.84. The van der Waals surface area contributed by atoms with E-state index in [9.17, 15) is 4.39 Å². The van der Waals surface area contributed by atoms with Crippen molar-refractivity contribution in [2.75, 3.05) is 6.54 Å². The van der Waals surface area contributed by atoms with Crippen molar-refractivity contribution in [1.82, 2.24) is 9.88 Å². The molecule has 1 aromatic heterocycles. The predicted octanol–water partition coefficient (Wildman–Crippen LogP) is 2.95. The van der Waals surface area contributed by atoms with Crippen LogP contribution in [0.4, 0.5) is 4.39 Å². The van der Waals surface area contributed by atoms with Gasteiger partial charge in [-0.3, -0.25) is 0 Å². The van der Waals surface area contributed by atoms with E-state index < -0.39 is 0 Å². The highest BCUT2D eigenvalue weighted by Gasteiger charge is 2.02. The number of benzene rings is 1. The van der Waals surface area contributed by atoms with Crippen LogP contribution in [0.15, 0.2) is 55.3 Å². The summed E-state index contributed by atoms with van der Waals surface area (Å²) in [5, 5.41) is 3.26. The van der Waals surface area contributed by atoms with Crippen LogP contribution >= 0.6 is 0 Å². The van der Waals surface area contributed by atoms with Crippen molar-refractivity contribution >= 4 is 0 Å². The maximum atomic E-state index is 13.1. The fourth-order valence-corrected chi connectivity index (χ4v) is 1.90. The number of hydrogen-bond acceptors (Lipinski definition) is 1. The fraction of sp³-hybridized carbons (Fsp3) is 0.200. The third-order valence-corrected chi connectivity index (χ3v) is 2.76. The first-order valence-electron chi connectivity index (χ1n) is 5.99. The summed E-state index contributed by atoms with van der Waals surface area (Å²) in [7, 11) is 0. The Kier molecular flexibility index (Phi) is 4.31. The first kappa shape index (κ1) is 12.6. The fourth-order valence-electron chi connectivity index (χ4n) is 1.90. The summed E-state index contributed by atoms with van der Waals surface area (Å²) in [5.74, 6) is -0.189. The molecule has 0 unspecified atom stereocenters. The first-order valence-corrected chi connectivity index (χ1v) is 5.99. The zero-order valence-electron chi connectivity index (χ0n) is 10.3. The summed E-state index contributed by atoms with van der Waals surface area (Å²) in [6, 6.07) is 10.8. The molecule has 3 heteroatoms. The molecule has 1 aromatic carbocycles. The van der Waals surface area contributed by atoms with Gasteiger partial charge in [-0.05, 0) is 29.8 Å². The van der Waals surface area contributed by atoms with Gasteiger partial charge in [0.05, 0.1) is 0 Å². The Labute approximate surface area is 107 Å². The van der Waals surface area contributed by atoms with Crippen LogP contribution < -0.4 is 5.32 Å². The lowest BCUT2D eigenvalue weighted by Crippen LogP contribution is -2.16. The van der Waals surface area contributed by atoms with E-state index in [2.05, 4.69) is 22.5 Å². The van der Waals surface area contributed by atoms with Crippen LogP contribution in [0.1, 0.15) is 11.3 Å². The summed E-state index contributed by atoms with van der Waals surface area (Å²) in [4.78, 5) is 0. The molecule has 2 rings (SSSR count). The summed E-state index contributed by atoms with van der Waals surface area (Å²) >= 11 is 0. The van der Waals surface area contributed by atoms with E-state index in [1.54, 1.807) is 12.1 Å². The third-order valence-electron chi connectivity index (χ3n) is 2.76. The van der Waals surface area contributed by atoms with Gasteiger partial charge >= 0.3 is 0 Å². The second kappa shape index (κ2) is 6.17. The zero-order valence-corrected chi connectivity index (χ0v) is 10.3. The molecule has 1 N–H and O–H groups in total. The van der Waals surface area contributed by atoms with Gasteiger partial charge in [-0.25, -0.2) is 4.39 Å². The molecule has 0 amide bonds. The number of hydrogen-bond donors (Lipinski definition) is 1. The molecule has 0 saturated heterocycles. The van der Waals surface area contributed by atoms with Gasteiger partial charge in [0.25, 0.3) is 0 Å². The SMILES string of the molecule is C=CCNCc1cccn1Cc1cccc(F)c1. The van der Waals surface area contributed by atoms with Gasteiger partial charge in [0.2, 0.25) is 0 Å². The van der Waals surface area contributed by atoms with Gasteiger partial charge in [-0.2, -0.15) is 0 Å². The summed E-state index contributed by atoms with van der Waals surface area (Å²) in [6.45, 7) is 5.93. The van der Waals surface area contributed by atoms with Crippen molar-refractivity contribution < 1.29 is 4.39 Å². The highest BCUT2D eigenvalue weighted by atomic mass is 19.1. The van der Waals surface area contributed by atoms with Crippen molar-refractivity contribution in [2.45, 2.75) is 13.1 Å². The molecule has 2 aromatic rings. The van der Waals surface area contributed by atoms with Crippen LogP contribution in [0, 0.1) is 5.82 Å². The standard InChI is InChI=1S/C15H17FN2/c1-2-8-17-11-15-7-4-9-18(15)12-13-5-3-6-14(16)10-13/h2-7,9-10,17H,1,8,11-12H2. The van der Waals surface area contributed by atoms with Crippen molar-refractivity contribution in [1.29, 1.82) is 0 Å². The monoisotopic (exact) mass is 244 g/mol. The number of rotatable bonds is 6. The van der Waals surface area contributed by atoms with Gasteiger partial charge in [-0.1, -0.05) is 18.2 Å². The predicted molar refractivity (Wildman–Crippen MR) is 71.8 cm³/mol. The molecule has 0 spiro atoms. The summed E-state index contributed by atoms with van der Waals surface area (Å²) < 4.78 is 15.2. The Morgan fingerprint density at radius 1 is 1.28 bits per heavy atom. The van der Waals surface area contributed by atoms with E-state index in [1.165, 1.54) is 11.8 Å². The van der Waals surface area contributed by atoms with E-state index in [0.717, 1.165) is 18.7 Å². The van der Waals surface area contributed by atoms with Crippen molar-refractivity contribution in [2.24, 2.45) is 0 Å². The smallest absolute Gasteiger partial charge is 0.123 e. The van der Waals surface area contributed by atoms with Crippen molar-refractivity contribution in [3.8, 4) is 0 Å². The molecule has 94 valence electrons. The van der Waals surface area contributed by atoms with Gasteiger partial charge in [0.1, 0.15) is 5.82 Å². The lowest BCUT2D eigenvalue weighted by atomic mass is 10.2. The van der Waals surface area contributed by atoms with E-state index in [0.29, 0.717) is 6.54 Å². The Morgan fingerprint density at radius 3 is 2.94 bits per heavy atom. The zero-order chi connectivity index (χ0) is 12.8. The topological polar surface area (TPSA) is 17.0 Å². The molecule has 18 heavy (non-hydrogen) atoms. The van der Waals surface area contributed by atoms with Crippen LogP contribution in [0.3, 0.4) is 0 Å². The average Bonchev–Trinajstić information content (AvgIpc) is 2.77.